The van der Waals surface area contributed by atoms with Gasteiger partial charge in [-0.1, -0.05) is 12.1 Å². The minimum absolute atomic E-state index is 0.178. The van der Waals surface area contributed by atoms with Crippen LogP contribution in [0.4, 0.5) is 5.69 Å². The monoisotopic (exact) mass is 249 g/mol. The molecule has 0 aromatic heterocycles. The third kappa shape index (κ3) is 3.29. The van der Waals surface area contributed by atoms with Gasteiger partial charge in [0, 0.05) is 18.6 Å². The molecule has 0 amide bonds. The molecule has 0 atom stereocenters. The number of likely N-dealkylation sites (N-methyl/N-ethyl adjacent to an activating group) is 1. The quantitative estimate of drug-likeness (QED) is 0.468. The van der Waals surface area contributed by atoms with Crippen molar-refractivity contribution in [2.75, 3.05) is 26.7 Å². The van der Waals surface area contributed by atoms with Crippen LogP contribution in [0.2, 0.25) is 0 Å². The summed E-state index contributed by atoms with van der Waals surface area (Å²) in [6, 6.07) is 6.97. The van der Waals surface area contributed by atoms with Crippen LogP contribution in [-0.4, -0.2) is 36.1 Å². The lowest BCUT2D eigenvalue weighted by molar-refractivity contribution is -0.913. The zero-order chi connectivity index (χ0) is 13.0. The first-order valence-corrected chi connectivity index (χ1v) is 6.66. The minimum atomic E-state index is -0.345. The Morgan fingerprint density at radius 3 is 2.33 bits per heavy atom. The maximum absolute atomic E-state index is 10.6. The average molecular weight is 249 g/mol. The van der Waals surface area contributed by atoms with Crippen molar-refractivity contribution in [3.05, 3.63) is 39.9 Å². The van der Waals surface area contributed by atoms with Crippen molar-refractivity contribution in [3.63, 3.8) is 0 Å². The molecule has 0 spiro atoms. The number of non-ortho nitro benzene ring substituents is 1. The van der Waals surface area contributed by atoms with E-state index in [-0.39, 0.29) is 10.6 Å². The zero-order valence-electron chi connectivity index (χ0n) is 11.0. The Labute approximate surface area is 108 Å². The van der Waals surface area contributed by atoms with Gasteiger partial charge in [-0.2, -0.15) is 0 Å². The van der Waals surface area contributed by atoms with Crippen molar-refractivity contribution in [1.82, 2.24) is 0 Å². The van der Waals surface area contributed by atoms with Gasteiger partial charge in [-0.25, -0.2) is 0 Å². The number of nitro groups is 1. The molecule has 0 radical (unpaired) electrons. The van der Waals surface area contributed by atoms with Gasteiger partial charge in [0.15, 0.2) is 0 Å². The predicted molar refractivity (Wildman–Crippen MR) is 71.4 cm³/mol. The highest BCUT2D eigenvalue weighted by Gasteiger charge is 2.24. The van der Waals surface area contributed by atoms with Crippen LogP contribution in [-0.2, 0) is 6.42 Å². The summed E-state index contributed by atoms with van der Waals surface area (Å²) >= 11 is 0. The fourth-order valence-corrected chi connectivity index (χ4v) is 2.68. The molecule has 18 heavy (non-hydrogen) atoms. The number of hydrogen-bond donors (Lipinski definition) is 0. The number of piperidine rings is 1. The molecule has 0 aliphatic carbocycles. The maximum Gasteiger partial charge on any atom is 0.269 e. The second-order valence-corrected chi connectivity index (χ2v) is 5.52. The number of benzene rings is 1. The molecular weight excluding hydrogens is 228 g/mol. The Hall–Kier alpha value is -1.42. The van der Waals surface area contributed by atoms with Gasteiger partial charge in [0.05, 0.1) is 31.6 Å². The van der Waals surface area contributed by atoms with Gasteiger partial charge in [-0.15, -0.1) is 0 Å². The predicted octanol–water partition coefficient (Wildman–Crippen LogP) is 2.77. The van der Waals surface area contributed by atoms with Crippen molar-refractivity contribution < 1.29 is 9.41 Å². The van der Waals surface area contributed by atoms with Gasteiger partial charge in [-0.05, 0) is 24.8 Å². The lowest BCUT2D eigenvalue weighted by Crippen LogP contribution is -2.49. The number of nitro benzene ring substituents is 1. The summed E-state index contributed by atoms with van der Waals surface area (Å²) in [7, 11) is 2.32. The zero-order valence-corrected chi connectivity index (χ0v) is 11.0. The smallest absolute Gasteiger partial charge is 0.269 e. The molecule has 1 fully saturated rings. The summed E-state index contributed by atoms with van der Waals surface area (Å²) in [6.07, 6.45) is 5.04. The van der Waals surface area contributed by atoms with Gasteiger partial charge < -0.3 is 4.48 Å². The molecule has 4 heteroatoms. The van der Waals surface area contributed by atoms with Crippen LogP contribution in [0.15, 0.2) is 24.3 Å². The van der Waals surface area contributed by atoms with Crippen LogP contribution in [0.3, 0.4) is 0 Å². The van der Waals surface area contributed by atoms with Crippen molar-refractivity contribution in [2.45, 2.75) is 25.7 Å². The summed E-state index contributed by atoms with van der Waals surface area (Å²) in [6.45, 7) is 3.68. The lowest BCUT2D eigenvalue weighted by atomic mass is 10.1. The number of likely N-dealkylation sites (tertiary alicyclic amines) is 1. The first-order valence-electron chi connectivity index (χ1n) is 6.66. The third-order valence-corrected chi connectivity index (χ3v) is 3.98. The molecule has 1 saturated heterocycles. The van der Waals surface area contributed by atoms with Crippen molar-refractivity contribution in [3.8, 4) is 0 Å². The van der Waals surface area contributed by atoms with Gasteiger partial charge >= 0.3 is 0 Å². The summed E-state index contributed by atoms with van der Waals surface area (Å²) < 4.78 is 1.15. The van der Waals surface area contributed by atoms with E-state index in [2.05, 4.69) is 7.05 Å². The second kappa shape index (κ2) is 5.48. The van der Waals surface area contributed by atoms with E-state index in [0.29, 0.717) is 0 Å². The second-order valence-electron chi connectivity index (χ2n) is 5.52. The van der Waals surface area contributed by atoms with Crippen LogP contribution in [0.25, 0.3) is 0 Å². The molecule has 0 unspecified atom stereocenters. The Bertz CT molecular complexity index is 408. The van der Waals surface area contributed by atoms with Gasteiger partial charge in [-0.3, -0.25) is 10.1 Å². The first-order chi connectivity index (χ1) is 8.59. The SMILES string of the molecule is C[N+]1(CCc2ccc([N+](=O)[O-])cc2)CCCCC1. The first kappa shape index (κ1) is 13.0. The summed E-state index contributed by atoms with van der Waals surface area (Å²) in [5, 5.41) is 10.6. The molecule has 1 aromatic rings. The van der Waals surface area contributed by atoms with Crippen molar-refractivity contribution >= 4 is 5.69 Å². The van der Waals surface area contributed by atoms with Crippen LogP contribution < -0.4 is 0 Å². The largest absolute Gasteiger partial charge is 0.326 e. The normalized spacial score (nSPS) is 18.5. The number of hydrogen-bond acceptors (Lipinski definition) is 2. The van der Waals surface area contributed by atoms with E-state index in [4.69, 9.17) is 0 Å². The molecule has 0 saturated carbocycles. The number of nitrogens with zero attached hydrogens (tertiary/aromatic N) is 2. The highest BCUT2D eigenvalue weighted by atomic mass is 16.6. The molecule has 98 valence electrons. The van der Waals surface area contributed by atoms with Crippen molar-refractivity contribution in [1.29, 1.82) is 0 Å². The summed E-state index contributed by atoms with van der Waals surface area (Å²) in [4.78, 5) is 10.2. The van der Waals surface area contributed by atoms with Gasteiger partial charge in [0.2, 0.25) is 0 Å². The fourth-order valence-electron chi connectivity index (χ4n) is 2.68. The van der Waals surface area contributed by atoms with Crippen LogP contribution >= 0.6 is 0 Å². The van der Waals surface area contributed by atoms with Gasteiger partial charge in [0.1, 0.15) is 0 Å². The molecule has 1 aliphatic rings. The van der Waals surface area contributed by atoms with Crippen molar-refractivity contribution in [2.24, 2.45) is 0 Å². The van der Waals surface area contributed by atoms with E-state index in [9.17, 15) is 10.1 Å². The molecule has 1 heterocycles. The molecular formula is C14H21N2O2+. The Kier molecular flexibility index (Phi) is 3.97. The minimum Gasteiger partial charge on any atom is -0.326 e. The highest BCUT2D eigenvalue weighted by Crippen LogP contribution is 2.18. The topological polar surface area (TPSA) is 43.1 Å². The van der Waals surface area contributed by atoms with E-state index in [1.807, 2.05) is 12.1 Å². The average Bonchev–Trinajstić information content (AvgIpc) is 2.38. The van der Waals surface area contributed by atoms with Crippen LogP contribution in [0, 0.1) is 10.1 Å². The van der Waals surface area contributed by atoms with E-state index in [1.54, 1.807) is 12.1 Å². The maximum atomic E-state index is 10.6. The molecule has 2 rings (SSSR count). The molecule has 1 aliphatic heterocycles. The Balaban J connectivity index is 1.91. The highest BCUT2D eigenvalue weighted by molar-refractivity contribution is 5.32. The summed E-state index contributed by atoms with van der Waals surface area (Å²) in [5.74, 6) is 0. The Morgan fingerprint density at radius 2 is 1.78 bits per heavy atom. The van der Waals surface area contributed by atoms with E-state index >= 15 is 0 Å². The molecule has 1 aromatic carbocycles. The van der Waals surface area contributed by atoms with E-state index in [1.165, 1.54) is 37.9 Å². The standard InChI is InChI=1S/C14H21N2O2/c1-16(10-3-2-4-11-16)12-9-13-5-7-14(8-6-13)15(17)18/h5-8H,2-4,9-12H2,1H3/q+1. The number of rotatable bonds is 4. The fraction of sp³-hybridized carbons (Fsp3) is 0.571. The van der Waals surface area contributed by atoms with Crippen LogP contribution in [0.5, 0.6) is 0 Å². The summed E-state index contributed by atoms with van der Waals surface area (Å²) in [5.41, 5.74) is 1.38. The van der Waals surface area contributed by atoms with E-state index < -0.39 is 0 Å². The number of quaternary nitrogens is 1. The van der Waals surface area contributed by atoms with E-state index in [0.717, 1.165) is 17.4 Å². The van der Waals surface area contributed by atoms with Gasteiger partial charge in [0.25, 0.3) is 5.69 Å². The molecule has 0 N–H and O–H groups in total. The Morgan fingerprint density at radius 1 is 1.17 bits per heavy atom. The third-order valence-electron chi connectivity index (χ3n) is 3.98. The molecule has 0 bridgehead atoms. The molecule has 4 nitrogen and oxygen atoms in total. The lowest BCUT2D eigenvalue weighted by Gasteiger charge is -2.37. The van der Waals surface area contributed by atoms with Crippen LogP contribution in [0.1, 0.15) is 24.8 Å².